The molecule has 2 aromatic rings. The second-order valence-corrected chi connectivity index (χ2v) is 6.75. The maximum Gasteiger partial charge on any atom is 0.247 e. The predicted octanol–water partition coefficient (Wildman–Crippen LogP) is 2.31. The van der Waals surface area contributed by atoms with E-state index in [9.17, 15) is 9.59 Å². The number of hydrogen-bond donors (Lipinski definition) is 2. The number of aromatic nitrogens is 1. The highest BCUT2D eigenvalue weighted by Crippen LogP contribution is 2.19. The molecule has 5 nitrogen and oxygen atoms in total. The van der Waals surface area contributed by atoms with Crippen LogP contribution < -0.4 is 11.3 Å². The number of carbonyl (C=O) groups is 1. The number of aromatic amines is 1. The van der Waals surface area contributed by atoms with Gasteiger partial charge in [0.1, 0.15) is 0 Å². The van der Waals surface area contributed by atoms with Gasteiger partial charge >= 0.3 is 0 Å². The Balaban J connectivity index is 1.56. The molecule has 1 unspecified atom stereocenters. The van der Waals surface area contributed by atoms with E-state index in [0.717, 1.165) is 42.6 Å². The van der Waals surface area contributed by atoms with Crippen LogP contribution >= 0.6 is 0 Å². The van der Waals surface area contributed by atoms with Crippen molar-refractivity contribution < 1.29 is 4.79 Å². The minimum atomic E-state index is -0.159. The largest absolute Gasteiger partial charge is 0.343 e. The van der Waals surface area contributed by atoms with Crippen molar-refractivity contribution in [2.24, 2.45) is 5.73 Å². The Morgan fingerprint density at radius 3 is 2.36 bits per heavy atom. The Kier molecular flexibility index (Phi) is 5.66. The molecule has 1 amide bonds. The summed E-state index contributed by atoms with van der Waals surface area (Å²) in [5.74, 6) is 0.178. The van der Waals surface area contributed by atoms with Crippen LogP contribution in [0.1, 0.15) is 31.2 Å². The monoisotopic (exact) mass is 339 g/mol. The number of nitrogens with two attached hydrogens (primary N) is 1. The fourth-order valence-corrected chi connectivity index (χ4v) is 3.30. The van der Waals surface area contributed by atoms with Gasteiger partial charge in [-0.25, -0.2) is 0 Å². The van der Waals surface area contributed by atoms with E-state index in [4.69, 9.17) is 5.73 Å². The lowest BCUT2D eigenvalue weighted by Crippen LogP contribution is -2.39. The molecule has 1 saturated heterocycles. The molecular weight excluding hydrogens is 314 g/mol. The maximum atomic E-state index is 12.3. The molecule has 0 saturated carbocycles. The topological polar surface area (TPSA) is 79.2 Å². The first-order chi connectivity index (χ1) is 12.1. The number of pyridine rings is 1. The fourth-order valence-electron chi connectivity index (χ4n) is 3.30. The van der Waals surface area contributed by atoms with Crippen LogP contribution in [0.5, 0.6) is 0 Å². The molecule has 1 atom stereocenters. The average Bonchev–Trinajstić information content (AvgIpc) is 2.64. The van der Waals surface area contributed by atoms with Crippen molar-refractivity contribution >= 4 is 5.91 Å². The Labute approximate surface area is 147 Å². The van der Waals surface area contributed by atoms with Gasteiger partial charge in [-0.05, 0) is 48.4 Å². The van der Waals surface area contributed by atoms with Gasteiger partial charge in [-0.15, -0.1) is 0 Å². The molecule has 3 rings (SSSR count). The second-order valence-electron chi connectivity index (χ2n) is 6.75. The summed E-state index contributed by atoms with van der Waals surface area (Å²) in [6, 6.07) is 11.3. The van der Waals surface area contributed by atoms with Gasteiger partial charge < -0.3 is 15.6 Å². The second kappa shape index (κ2) is 8.12. The first-order valence-corrected chi connectivity index (χ1v) is 8.93. The Morgan fingerprint density at radius 1 is 1.04 bits per heavy atom. The van der Waals surface area contributed by atoms with Gasteiger partial charge in [-0.2, -0.15) is 0 Å². The lowest BCUT2D eigenvalue weighted by Gasteiger charge is -2.27. The van der Waals surface area contributed by atoms with Crippen LogP contribution in [0.25, 0.3) is 11.1 Å². The summed E-state index contributed by atoms with van der Waals surface area (Å²) in [6.07, 6.45) is 6.23. The molecule has 132 valence electrons. The Hall–Kier alpha value is -2.40. The highest BCUT2D eigenvalue weighted by atomic mass is 16.2. The van der Waals surface area contributed by atoms with Crippen LogP contribution in [0.15, 0.2) is 47.4 Å². The third kappa shape index (κ3) is 4.79. The molecule has 0 bridgehead atoms. The number of likely N-dealkylation sites (tertiary alicyclic amines) is 1. The van der Waals surface area contributed by atoms with Gasteiger partial charge in [0.25, 0.3) is 0 Å². The first-order valence-electron chi connectivity index (χ1n) is 8.93. The molecule has 25 heavy (non-hydrogen) atoms. The molecule has 1 fully saturated rings. The highest BCUT2D eigenvalue weighted by molar-refractivity contribution is 5.77. The predicted molar refractivity (Wildman–Crippen MR) is 99.2 cm³/mol. The van der Waals surface area contributed by atoms with Crippen LogP contribution in [0, 0.1) is 0 Å². The van der Waals surface area contributed by atoms with Crippen LogP contribution in [0.3, 0.4) is 0 Å². The molecular formula is C20H25N3O2. The van der Waals surface area contributed by atoms with E-state index >= 15 is 0 Å². The molecule has 5 heteroatoms. The zero-order valence-corrected chi connectivity index (χ0v) is 14.4. The molecule has 0 spiro atoms. The number of carbonyl (C=O) groups excluding carboxylic acids is 1. The van der Waals surface area contributed by atoms with Crippen molar-refractivity contribution in [1.29, 1.82) is 0 Å². The molecule has 2 heterocycles. The number of rotatable bonds is 5. The molecule has 0 aliphatic carbocycles. The van der Waals surface area contributed by atoms with Gasteiger partial charge in [-0.1, -0.05) is 24.3 Å². The SMILES string of the molecule is NC(CC(=O)N1CCCCC1)Cc1ccc(-c2ccc(=O)[nH]c2)cc1. The third-order valence-electron chi connectivity index (χ3n) is 4.71. The summed E-state index contributed by atoms with van der Waals surface area (Å²) < 4.78 is 0. The number of nitrogens with zero attached hydrogens (tertiary/aromatic N) is 1. The third-order valence-corrected chi connectivity index (χ3v) is 4.71. The average molecular weight is 339 g/mol. The number of H-pyrrole nitrogens is 1. The van der Waals surface area contributed by atoms with Crippen molar-refractivity contribution in [3.05, 3.63) is 58.5 Å². The highest BCUT2D eigenvalue weighted by Gasteiger charge is 2.19. The van der Waals surface area contributed by atoms with Gasteiger partial charge in [0.15, 0.2) is 0 Å². The Morgan fingerprint density at radius 2 is 1.72 bits per heavy atom. The van der Waals surface area contributed by atoms with Gasteiger partial charge in [0, 0.05) is 37.8 Å². The van der Waals surface area contributed by atoms with Crippen molar-refractivity contribution in [2.45, 2.75) is 38.1 Å². The number of hydrogen-bond acceptors (Lipinski definition) is 3. The lowest BCUT2D eigenvalue weighted by molar-refractivity contribution is -0.132. The molecule has 0 radical (unpaired) electrons. The van der Waals surface area contributed by atoms with Crippen LogP contribution in [-0.4, -0.2) is 34.9 Å². The number of nitrogens with one attached hydrogen (secondary N) is 1. The smallest absolute Gasteiger partial charge is 0.247 e. The van der Waals surface area contributed by atoms with Crippen molar-refractivity contribution in [3.63, 3.8) is 0 Å². The zero-order chi connectivity index (χ0) is 17.6. The van der Waals surface area contributed by atoms with E-state index in [2.05, 4.69) is 4.98 Å². The van der Waals surface area contributed by atoms with Gasteiger partial charge in [-0.3, -0.25) is 9.59 Å². The summed E-state index contributed by atoms with van der Waals surface area (Å²) in [4.78, 5) is 28.0. The minimum absolute atomic E-state index is 0.107. The number of amides is 1. The summed E-state index contributed by atoms with van der Waals surface area (Å²) >= 11 is 0. The van der Waals surface area contributed by atoms with Crippen molar-refractivity contribution in [3.8, 4) is 11.1 Å². The van der Waals surface area contributed by atoms with Crippen LogP contribution in [-0.2, 0) is 11.2 Å². The molecule has 1 aliphatic heterocycles. The summed E-state index contributed by atoms with van der Waals surface area (Å²) in [6.45, 7) is 1.75. The standard InChI is InChI=1S/C20H25N3O2/c21-18(13-20(25)23-10-2-1-3-11-23)12-15-4-6-16(7-5-15)17-8-9-19(24)22-14-17/h4-9,14,18H,1-3,10-13,21H2,(H,22,24). The van der Waals surface area contributed by atoms with E-state index in [0.29, 0.717) is 12.8 Å². The number of piperidine rings is 1. The molecule has 3 N–H and O–H groups in total. The van der Waals surface area contributed by atoms with E-state index in [1.807, 2.05) is 29.2 Å². The lowest BCUT2D eigenvalue weighted by atomic mass is 10.00. The van der Waals surface area contributed by atoms with Gasteiger partial charge in [0.2, 0.25) is 11.5 Å². The van der Waals surface area contributed by atoms with E-state index < -0.39 is 0 Å². The van der Waals surface area contributed by atoms with Crippen molar-refractivity contribution in [2.75, 3.05) is 13.1 Å². The maximum absolute atomic E-state index is 12.3. The van der Waals surface area contributed by atoms with Crippen molar-refractivity contribution in [1.82, 2.24) is 9.88 Å². The Bertz CT molecular complexity index is 741. The summed E-state index contributed by atoms with van der Waals surface area (Å²) in [5, 5.41) is 0. The molecule has 1 aromatic heterocycles. The van der Waals surface area contributed by atoms with E-state index in [1.165, 1.54) is 12.5 Å². The molecule has 1 aliphatic rings. The van der Waals surface area contributed by atoms with Gasteiger partial charge in [0.05, 0.1) is 0 Å². The zero-order valence-electron chi connectivity index (χ0n) is 14.4. The number of benzene rings is 1. The van der Waals surface area contributed by atoms with Crippen LogP contribution in [0.4, 0.5) is 0 Å². The summed E-state index contributed by atoms with van der Waals surface area (Å²) in [7, 11) is 0. The normalized spacial score (nSPS) is 15.8. The summed E-state index contributed by atoms with van der Waals surface area (Å²) in [5.41, 5.74) is 9.21. The quantitative estimate of drug-likeness (QED) is 0.877. The van der Waals surface area contributed by atoms with E-state index in [1.54, 1.807) is 12.3 Å². The first kappa shape index (κ1) is 17.4. The fraction of sp³-hybridized carbons (Fsp3) is 0.400. The van der Waals surface area contributed by atoms with E-state index in [-0.39, 0.29) is 17.5 Å². The minimum Gasteiger partial charge on any atom is -0.343 e. The van der Waals surface area contributed by atoms with Crippen LogP contribution in [0.2, 0.25) is 0 Å². The molecule has 1 aromatic carbocycles.